The summed E-state index contributed by atoms with van der Waals surface area (Å²) in [4.78, 5) is 34.0. The summed E-state index contributed by atoms with van der Waals surface area (Å²) in [6, 6.07) is 18.4. The maximum atomic E-state index is 13.4. The van der Waals surface area contributed by atoms with Crippen molar-refractivity contribution in [1.82, 2.24) is 9.97 Å². The van der Waals surface area contributed by atoms with Gasteiger partial charge in [-0.25, -0.2) is 4.98 Å². The lowest BCUT2D eigenvalue weighted by Gasteiger charge is -2.32. The van der Waals surface area contributed by atoms with Crippen molar-refractivity contribution < 1.29 is 19.4 Å². The fourth-order valence-corrected chi connectivity index (χ4v) is 4.68. The summed E-state index contributed by atoms with van der Waals surface area (Å²) in [6.07, 6.45) is 2.58. The van der Waals surface area contributed by atoms with Crippen LogP contribution < -0.4 is 5.73 Å². The van der Waals surface area contributed by atoms with Gasteiger partial charge in [-0.15, -0.1) is 0 Å². The summed E-state index contributed by atoms with van der Waals surface area (Å²) in [6.45, 7) is 9.50. The third-order valence-corrected chi connectivity index (χ3v) is 7.03. The number of nitrogens with two attached hydrogens (primary N) is 1. The number of aliphatic hydroxyl groups excluding tert-OH is 1. The Balaban J connectivity index is 1.92. The minimum absolute atomic E-state index is 0.0137. The van der Waals surface area contributed by atoms with Crippen LogP contribution >= 0.6 is 0 Å². The van der Waals surface area contributed by atoms with E-state index in [-0.39, 0.29) is 24.0 Å². The van der Waals surface area contributed by atoms with E-state index < -0.39 is 29.6 Å². The first-order valence-corrected chi connectivity index (χ1v) is 13.8. The average molecular weight is 534 g/mol. The molecule has 0 fully saturated rings. The molecule has 210 valence electrons. The Bertz CT molecular complexity index is 1190. The lowest BCUT2D eigenvalue weighted by atomic mass is 9.83. The number of aromatic amines is 1. The standard InChI is InChI=1S/C32H43N3O4/c1-6-21(2)17-26(36)25-20-34-30(35-25)24(18-22-13-9-7-10-14-22)19-27(37)28(31(38)39-32(3,4)5)29(33)23-15-11-8-12-16-23/h7-16,20-21,24,27-29,37H,6,17-19,33H2,1-5H3,(H,34,35)/t21?,24-,27+,28-,29?/m1/s1. The predicted octanol–water partition coefficient (Wildman–Crippen LogP) is 5.76. The molecule has 7 nitrogen and oxygen atoms in total. The quantitative estimate of drug-likeness (QED) is 0.190. The van der Waals surface area contributed by atoms with Crippen molar-refractivity contribution in [3.8, 4) is 0 Å². The molecule has 3 aromatic rings. The van der Waals surface area contributed by atoms with Crippen LogP contribution in [0.5, 0.6) is 0 Å². The molecule has 0 radical (unpaired) electrons. The van der Waals surface area contributed by atoms with E-state index in [9.17, 15) is 14.7 Å². The number of aliphatic hydroxyl groups is 1. The second-order valence-corrected chi connectivity index (χ2v) is 11.5. The highest BCUT2D eigenvalue weighted by molar-refractivity contribution is 5.94. The van der Waals surface area contributed by atoms with Gasteiger partial charge >= 0.3 is 5.97 Å². The number of H-pyrrole nitrogens is 1. The van der Waals surface area contributed by atoms with Gasteiger partial charge in [0.25, 0.3) is 0 Å². The number of benzene rings is 2. The number of carbonyl (C=O) groups excluding carboxylic acids is 2. The molecule has 0 saturated heterocycles. The summed E-state index contributed by atoms with van der Waals surface area (Å²) in [5, 5.41) is 11.6. The molecule has 0 amide bonds. The van der Waals surface area contributed by atoms with E-state index in [1.54, 1.807) is 27.0 Å². The number of esters is 1. The molecular formula is C32H43N3O4. The van der Waals surface area contributed by atoms with E-state index in [2.05, 4.69) is 23.8 Å². The normalized spacial score (nSPS) is 15.7. The molecule has 1 aromatic heterocycles. The molecule has 2 aromatic carbocycles. The number of Topliss-reactive ketones (excluding diaryl/α,β-unsaturated/α-hetero) is 1. The van der Waals surface area contributed by atoms with Gasteiger partial charge in [0.05, 0.1) is 12.3 Å². The van der Waals surface area contributed by atoms with E-state index in [1.165, 1.54) is 0 Å². The summed E-state index contributed by atoms with van der Waals surface area (Å²) in [5.41, 5.74) is 8.12. The van der Waals surface area contributed by atoms with Gasteiger partial charge in [0.1, 0.15) is 23.0 Å². The summed E-state index contributed by atoms with van der Waals surface area (Å²) < 4.78 is 5.71. The maximum Gasteiger partial charge on any atom is 0.314 e. The Morgan fingerprint density at radius 1 is 1.05 bits per heavy atom. The Morgan fingerprint density at radius 3 is 2.26 bits per heavy atom. The molecule has 3 rings (SSSR count). The van der Waals surface area contributed by atoms with Crippen molar-refractivity contribution >= 4 is 11.8 Å². The van der Waals surface area contributed by atoms with Crippen LogP contribution in [0.25, 0.3) is 0 Å². The van der Waals surface area contributed by atoms with E-state index in [0.717, 1.165) is 17.5 Å². The molecule has 0 aliphatic carbocycles. The van der Waals surface area contributed by atoms with Crippen LogP contribution in [0.4, 0.5) is 0 Å². The average Bonchev–Trinajstić information content (AvgIpc) is 3.39. The molecule has 4 N–H and O–H groups in total. The second kappa shape index (κ2) is 13.7. The Hall–Kier alpha value is -3.29. The number of rotatable bonds is 13. The van der Waals surface area contributed by atoms with Crippen LogP contribution in [0.3, 0.4) is 0 Å². The first-order valence-electron chi connectivity index (χ1n) is 13.8. The number of nitrogens with one attached hydrogen (secondary N) is 1. The first-order chi connectivity index (χ1) is 18.5. The molecule has 0 bridgehead atoms. The van der Waals surface area contributed by atoms with Gasteiger partial charge in [-0.05, 0) is 50.7 Å². The lowest BCUT2D eigenvalue weighted by molar-refractivity contribution is -0.165. The SMILES string of the molecule is CCC(C)CC(=O)c1cnc([C@H](Cc2ccccc2)C[C@H](O)[C@@H](C(=O)OC(C)(C)C)C(N)c2ccccc2)[nH]1. The molecule has 39 heavy (non-hydrogen) atoms. The minimum Gasteiger partial charge on any atom is -0.460 e. The smallest absolute Gasteiger partial charge is 0.314 e. The zero-order valence-electron chi connectivity index (χ0n) is 23.8. The Morgan fingerprint density at radius 2 is 1.67 bits per heavy atom. The van der Waals surface area contributed by atoms with Crippen molar-refractivity contribution in [1.29, 1.82) is 0 Å². The lowest BCUT2D eigenvalue weighted by Crippen LogP contribution is -2.42. The molecular weight excluding hydrogens is 490 g/mol. The van der Waals surface area contributed by atoms with Gasteiger partial charge in [-0.2, -0.15) is 0 Å². The van der Waals surface area contributed by atoms with Gasteiger partial charge < -0.3 is 20.6 Å². The highest BCUT2D eigenvalue weighted by Gasteiger charge is 2.38. The van der Waals surface area contributed by atoms with E-state index in [4.69, 9.17) is 10.5 Å². The maximum absolute atomic E-state index is 13.4. The van der Waals surface area contributed by atoms with Crippen molar-refractivity contribution in [3.05, 3.63) is 89.5 Å². The zero-order chi connectivity index (χ0) is 28.6. The molecule has 0 spiro atoms. The predicted molar refractivity (Wildman–Crippen MR) is 153 cm³/mol. The van der Waals surface area contributed by atoms with E-state index in [0.29, 0.717) is 24.4 Å². The number of nitrogens with zero attached hydrogens (tertiary/aromatic N) is 1. The summed E-state index contributed by atoms with van der Waals surface area (Å²) >= 11 is 0. The molecule has 0 aliphatic rings. The number of hydrogen-bond acceptors (Lipinski definition) is 6. The van der Waals surface area contributed by atoms with Gasteiger partial charge in [0, 0.05) is 18.4 Å². The highest BCUT2D eigenvalue weighted by Crippen LogP contribution is 2.32. The van der Waals surface area contributed by atoms with Gasteiger partial charge in [0.2, 0.25) is 0 Å². The van der Waals surface area contributed by atoms with Gasteiger partial charge in [-0.1, -0.05) is 80.9 Å². The van der Waals surface area contributed by atoms with Crippen LogP contribution in [-0.4, -0.2) is 38.5 Å². The third kappa shape index (κ3) is 8.87. The fourth-order valence-electron chi connectivity index (χ4n) is 4.68. The summed E-state index contributed by atoms with van der Waals surface area (Å²) in [5.74, 6) is -0.942. The first kappa shape index (κ1) is 30.3. The Labute approximate surface area is 232 Å². The van der Waals surface area contributed by atoms with Crippen molar-refractivity contribution in [2.45, 2.75) is 84.0 Å². The van der Waals surface area contributed by atoms with E-state index in [1.807, 2.05) is 60.7 Å². The number of ketones is 1. The number of imidazole rings is 1. The minimum atomic E-state index is -1.12. The largest absolute Gasteiger partial charge is 0.460 e. The molecule has 5 atom stereocenters. The zero-order valence-corrected chi connectivity index (χ0v) is 23.8. The van der Waals surface area contributed by atoms with Gasteiger partial charge in [0.15, 0.2) is 5.78 Å². The fraction of sp³-hybridized carbons (Fsp3) is 0.469. The number of aromatic nitrogens is 2. The monoisotopic (exact) mass is 533 g/mol. The Kier molecular flexibility index (Phi) is 10.6. The van der Waals surface area contributed by atoms with E-state index >= 15 is 0 Å². The third-order valence-electron chi connectivity index (χ3n) is 7.03. The van der Waals surface area contributed by atoms with Crippen LogP contribution in [0.1, 0.15) is 93.3 Å². The number of carbonyl (C=O) groups is 2. The molecule has 7 heteroatoms. The van der Waals surface area contributed by atoms with Gasteiger partial charge in [-0.3, -0.25) is 9.59 Å². The highest BCUT2D eigenvalue weighted by atomic mass is 16.6. The van der Waals surface area contributed by atoms with Crippen LogP contribution in [0.15, 0.2) is 66.9 Å². The molecule has 1 heterocycles. The van der Waals surface area contributed by atoms with Crippen LogP contribution in [-0.2, 0) is 16.0 Å². The molecule has 2 unspecified atom stereocenters. The van der Waals surface area contributed by atoms with Crippen LogP contribution in [0, 0.1) is 11.8 Å². The second-order valence-electron chi connectivity index (χ2n) is 11.5. The topological polar surface area (TPSA) is 118 Å². The number of hydrogen-bond donors (Lipinski definition) is 3. The summed E-state index contributed by atoms with van der Waals surface area (Å²) in [7, 11) is 0. The molecule has 0 aliphatic heterocycles. The van der Waals surface area contributed by atoms with Crippen molar-refractivity contribution in [3.63, 3.8) is 0 Å². The van der Waals surface area contributed by atoms with Crippen molar-refractivity contribution in [2.75, 3.05) is 0 Å². The number of ether oxygens (including phenoxy) is 1. The van der Waals surface area contributed by atoms with Crippen molar-refractivity contribution in [2.24, 2.45) is 17.6 Å². The van der Waals surface area contributed by atoms with Crippen LogP contribution in [0.2, 0.25) is 0 Å². The molecule has 0 saturated carbocycles.